The first-order valence-corrected chi connectivity index (χ1v) is 12.1. The Hall–Kier alpha value is 0.870. The highest BCUT2D eigenvalue weighted by Gasteiger charge is 2.18. The normalized spacial score (nSPS) is 18.8. The first kappa shape index (κ1) is 35.3. The molecule has 0 aromatic carbocycles. The van der Waals surface area contributed by atoms with Crippen LogP contribution in [0.15, 0.2) is 0 Å². The number of aliphatic hydroxyl groups is 1. The highest BCUT2D eigenvalue weighted by Crippen LogP contribution is 2.29. The van der Waals surface area contributed by atoms with Crippen molar-refractivity contribution in [2.24, 2.45) is 0 Å². The van der Waals surface area contributed by atoms with Gasteiger partial charge in [0, 0.05) is 30.1 Å². The van der Waals surface area contributed by atoms with Crippen LogP contribution in [0.1, 0.15) is 86.5 Å². The Kier molecular flexibility index (Phi) is 41.3. The Morgan fingerprint density at radius 2 is 1.85 bits per heavy atom. The molecule has 0 radical (unpaired) electrons. The topological polar surface area (TPSA) is 46.5 Å². The van der Waals surface area contributed by atoms with Gasteiger partial charge in [-0.3, -0.25) is 0 Å². The average Bonchev–Trinajstić information content (AvgIpc) is 2.60. The molecule has 3 nitrogen and oxygen atoms in total. The molecule has 27 heavy (non-hydrogen) atoms. The predicted octanol–water partition coefficient (Wildman–Crippen LogP) is 7.16. The minimum atomic E-state index is 0. The number of carbonyl (C=O) groups is 1. The fraction of sp³-hybridized carbons (Fsp3) is 0.950. The molecule has 3 unspecified atom stereocenters. The van der Waals surface area contributed by atoms with Gasteiger partial charge in [-0.15, -0.1) is 35.0 Å². The Labute approximate surface area is 189 Å². The second kappa shape index (κ2) is 31.6. The van der Waals surface area contributed by atoms with E-state index in [2.05, 4.69) is 33.4 Å². The number of hydrogen-bond donors (Lipinski definition) is 2. The number of hydrogen-bond acceptors (Lipinski definition) is 5. The number of alkyl halides is 2. The van der Waals surface area contributed by atoms with Crippen molar-refractivity contribution < 1.29 is 14.6 Å². The Morgan fingerprint density at radius 1 is 1.30 bits per heavy atom. The molecule has 0 amide bonds. The van der Waals surface area contributed by atoms with Crippen LogP contribution < -0.4 is 0 Å². The minimum absolute atomic E-state index is 0. The number of unbranched alkanes of at least 4 members (excludes halogenated alkanes) is 3. The first-order valence-electron chi connectivity index (χ1n) is 9.54. The van der Waals surface area contributed by atoms with Crippen LogP contribution in [0, 0.1) is 0 Å². The van der Waals surface area contributed by atoms with Gasteiger partial charge in [-0.1, -0.05) is 54.4 Å². The van der Waals surface area contributed by atoms with Crippen molar-refractivity contribution >= 4 is 53.9 Å². The van der Waals surface area contributed by atoms with Gasteiger partial charge in [0.15, 0.2) is 0 Å². The fourth-order valence-electron chi connectivity index (χ4n) is 1.73. The van der Waals surface area contributed by atoms with E-state index in [1.54, 1.807) is 0 Å². The van der Waals surface area contributed by atoms with E-state index >= 15 is 0 Å². The quantitative estimate of drug-likeness (QED) is 0.172. The lowest BCUT2D eigenvalue weighted by molar-refractivity contribution is -0.107. The van der Waals surface area contributed by atoms with Gasteiger partial charge in [0.05, 0.1) is 5.34 Å². The van der Waals surface area contributed by atoms with E-state index in [-0.39, 0.29) is 19.4 Å². The van der Waals surface area contributed by atoms with Crippen LogP contribution in [-0.2, 0) is 9.53 Å². The molecule has 1 saturated heterocycles. The summed E-state index contributed by atoms with van der Waals surface area (Å²) in [6.07, 6.45) is 9.73. The summed E-state index contributed by atoms with van der Waals surface area (Å²) in [4.78, 5) is 9.56. The SMILES string of the molecule is C.CC(S)CCO.CCCCC1OCCC(C)S1.CCCCC=O.ClCCl. The Balaban J connectivity index is -0.000000143. The third kappa shape index (κ3) is 38.2. The molecule has 7 heteroatoms. The zero-order valence-corrected chi connectivity index (χ0v) is 20.2. The average molecular weight is 468 g/mol. The number of thioether (sulfide) groups is 1. The van der Waals surface area contributed by atoms with Gasteiger partial charge in [-0.05, 0) is 25.7 Å². The zero-order chi connectivity index (χ0) is 20.6. The summed E-state index contributed by atoms with van der Waals surface area (Å²) in [6, 6.07) is 0. The van der Waals surface area contributed by atoms with E-state index in [4.69, 9.17) is 33.0 Å². The molecule has 168 valence electrons. The monoisotopic (exact) mass is 466 g/mol. The molecule has 3 atom stereocenters. The standard InChI is InChI=1S/C9H18OS.C5H10O.C4H10OS.CH2Cl2.CH4/c1-3-4-5-9-10-7-6-8(2)11-9;1-2-3-4-5-6;1-4(6)2-3-5;2-1-3;/h8-9H,3-7H2,1-2H3;5H,2-4H2,1H3;4-6H,2-3H2,1H3;1H2;1H4. The van der Waals surface area contributed by atoms with Crippen molar-refractivity contribution in [3.05, 3.63) is 0 Å². The Bertz CT molecular complexity index is 261. The van der Waals surface area contributed by atoms with Crippen LogP contribution in [0.2, 0.25) is 0 Å². The van der Waals surface area contributed by atoms with Crippen molar-refractivity contribution in [3.8, 4) is 0 Å². The second-order valence-corrected chi connectivity index (χ2v) is 9.24. The molecule has 0 aliphatic carbocycles. The summed E-state index contributed by atoms with van der Waals surface area (Å²) in [5, 5.41) is 9.54. The maximum Gasteiger partial charge on any atom is 0.119 e. The Morgan fingerprint density at radius 3 is 2.15 bits per heavy atom. The molecule has 1 N–H and O–H groups in total. The molecule has 1 aliphatic heterocycles. The molecule has 0 bridgehead atoms. The van der Waals surface area contributed by atoms with Crippen molar-refractivity contribution in [2.75, 3.05) is 18.6 Å². The molecule has 0 saturated carbocycles. The molecule has 0 spiro atoms. The smallest absolute Gasteiger partial charge is 0.119 e. The molecule has 1 heterocycles. The third-order valence-corrected chi connectivity index (χ3v) is 4.86. The van der Waals surface area contributed by atoms with Crippen LogP contribution in [-0.4, -0.2) is 45.9 Å². The fourth-order valence-corrected chi connectivity index (χ4v) is 3.07. The summed E-state index contributed by atoms with van der Waals surface area (Å²) >= 11 is 15.5. The summed E-state index contributed by atoms with van der Waals surface area (Å²) in [7, 11) is 0. The van der Waals surface area contributed by atoms with E-state index in [0.717, 1.165) is 43.8 Å². The minimum Gasteiger partial charge on any atom is -0.396 e. The molecule has 1 aliphatic rings. The molecular weight excluding hydrogens is 423 g/mol. The molecule has 1 fully saturated rings. The van der Waals surface area contributed by atoms with Crippen molar-refractivity contribution in [3.63, 3.8) is 0 Å². The van der Waals surface area contributed by atoms with Gasteiger partial charge >= 0.3 is 0 Å². The van der Waals surface area contributed by atoms with Crippen LogP contribution in [0.25, 0.3) is 0 Å². The van der Waals surface area contributed by atoms with Gasteiger partial charge < -0.3 is 14.6 Å². The maximum atomic E-state index is 9.56. The summed E-state index contributed by atoms with van der Waals surface area (Å²) in [6.45, 7) is 9.79. The number of ether oxygens (including phenoxy) is 1. The van der Waals surface area contributed by atoms with Gasteiger partial charge in [-0.2, -0.15) is 12.6 Å². The summed E-state index contributed by atoms with van der Waals surface area (Å²) in [5.41, 5.74) is 0.499. The van der Waals surface area contributed by atoms with Crippen molar-refractivity contribution in [1.82, 2.24) is 0 Å². The number of aldehydes is 1. The summed E-state index contributed by atoms with van der Waals surface area (Å²) in [5.74, 6) is 0. The number of halogens is 2. The maximum absolute atomic E-state index is 9.56. The van der Waals surface area contributed by atoms with Crippen LogP contribution in [0.5, 0.6) is 0 Å². The van der Waals surface area contributed by atoms with Gasteiger partial charge in [0.2, 0.25) is 0 Å². The lowest BCUT2D eigenvalue weighted by atomic mass is 10.2. The second-order valence-electron chi connectivity index (χ2n) is 5.95. The highest BCUT2D eigenvalue weighted by atomic mass is 35.5. The third-order valence-electron chi connectivity index (χ3n) is 3.23. The van der Waals surface area contributed by atoms with Gasteiger partial charge in [0.1, 0.15) is 11.7 Å². The molecule has 1 rings (SSSR count). The molecule has 0 aromatic rings. The lowest BCUT2D eigenvalue weighted by Crippen LogP contribution is -2.21. The molecular formula is C20H44Cl2O3S2. The van der Waals surface area contributed by atoms with Gasteiger partial charge in [0.25, 0.3) is 0 Å². The van der Waals surface area contributed by atoms with E-state index < -0.39 is 0 Å². The van der Waals surface area contributed by atoms with Gasteiger partial charge in [-0.25, -0.2) is 0 Å². The lowest BCUT2D eigenvalue weighted by Gasteiger charge is -2.26. The highest BCUT2D eigenvalue weighted by molar-refractivity contribution is 8.00. The number of aliphatic hydroxyl groups excluding tert-OH is 1. The van der Waals surface area contributed by atoms with Crippen LogP contribution >= 0.6 is 47.6 Å². The largest absolute Gasteiger partial charge is 0.396 e. The number of carbonyl (C=O) groups excluding carboxylic acids is 1. The number of thiol groups is 1. The van der Waals surface area contributed by atoms with E-state index in [0.29, 0.717) is 10.7 Å². The van der Waals surface area contributed by atoms with E-state index in [9.17, 15) is 4.79 Å². The molecule has 0 aromatic heterocycles. The van der Waals surface area contributed by atoms with Crippen LogP contribution in [0.3, 0.4) is 0 Å². The van der Waals surface area contributed by atoms with Crippen LogP contribution in [0.4, 0.5) is 0 Å². The van der Waals surface area contributed by atoms with E-state index in [1.807, 2.05) is 18.7 Å². The summed E-state index contributed by atoms with van der Waals surface area (Å²) < 4.78 is 5.61. The first-order chi connectivity index (χ1) is 12.4. The van der Waals surface area contributed by atoms with E-state index in [1.165, 1.54) is 25.7 Å². The predicted molar refractivity (Wildman–Crippen MR) is 130 cm³/mol. The van der Waals surface area contributed by atoms with Crippen molar-refractivity contribution in [2.45, 2.75) is 102 Å². The zero-order valence-electron chi connectivity index (χ0n) is 17.0. The van der Waals surface area contributed by atoms with Crippen molar-refractivity contribution in [1.29, 1.82) is 0 Å². The number of rotatable bonds is 8.